The van der Waals surface area contributed by atoms with Crippen molar-refractivity contribution in [3.8, 4) is 0 Å². The van der Waals surface area contributed by atoms with Gasteiger partial charge < -0.3 is 25.4 Å². The molecule has 3 unspecified atom stereocenters. The van der Waals surface area contributed by atoms with Gasteiger partial charge in [0.2, 0.25) is 5.91 Å². The van der Waals surface area contributed by atoms with Crippen LogP contribution in [0.4, 0.5) is 0 Å². The molecule has 2 heterocycles. The van der Waals surface area contributed by atoms with Crippen molar-refractivity contribution < 1.29 is 14.3 Å². The molecule has 1 amide bonds. The molecule has 2 saturated heterocycles. The van der Waals surface area contributed by atoms with Gasteiger partial charge in [0.25, 0.3) is 0 Å². The molecule has 21 heavy (non-hydrogen) atoms. The largest absolute Gasteiger partial charge is 0.383 e. The maximum absolute atomic E-state index is 11.6. The highest BCUT2D eigenvalue weighted by atomic mass is 127. The molecule has 2 aliphatic heterocycles. The minimum Gasteiger partial charge on any atom is -0.383 e. The standard InChI is InChI=1S/C13H24N4O3.HI/c1-14-13(16-8-12(18)15-5-6-19-2)17-10-7-9-3-4-11(10)20-9;/h9-11H,3-8H2,1-2H3,(H,15,18)(H2,14,16,17);1H. The number of rotatable bonds is 6. The van der Waals surface area contributed by atoms with Gasteiger partial charge in [0.05, 0.1) is 31.4 Å². The molecule has 3 N–H and O–H groups in total. The number of hydrogen-bond donors (Lipinski definition) is 3. The zero-order valence-corrected chi connectivity index (χ0v) is 14.9. The van der Waals surface area contributed by atoms with Crippen LogP contribution < -0.4 is 16.0 Å². The van der Waals surface area contributed by atoms with Crippen LogP contribution in [0.2, 0.25) is 0 Å². The zero-order chi connectivity index (χ0) is 14.4. The normalized spacial score (nSPS) is 27.1. The highest BCUT2D eigenvalue weighted by Gasteiger charge is 2.41. The molecule has 0 aromatic heterocycles. The lowest BCUT2D eigenvalue weighted by Crippen LogP contribution is -2.49. The molecule has 2 rings (SSSR count). The monoisotopic (exact) mass is 412 g/mol. The highest BCUT2D eigenvalue weighted by molar-refractivity contribution is 14.0. The smallest absolute Gasteiger partial charge is 0.239 e. The summed E-state index contributed by atoms with van der Waals surface area (Å²) in [6.07, 6.45) is 3.97. The molecule has 0 aromatic rings. The third-order valence-electron chi connectivity index (χ3n) is 3.70. The molecule has 0 saturated carbocycles. The highest BCUT2D eigenvalue weighted by Crippen LogP contribution is 2.34. The van der Waals surface area contributed by atoms with Gasteiger partial charge in [-0.05, 0) is 19.3 Å². The minimum absolute atomic E-state index is 0. The Hall–Kier alpha value is -0.610. The summed E-state index contributed by atoms with van der Waals surface area (Å²) in [5, 5.41) is 9.09. The number of ether oxygens (including phenoxy) is 2. The Morgan fingerprint density at radius 3 is 2.76 bits per heavy atom. The molecule has 2 bridgehead atoms. The Kier molecular flexibility index (Phi) is 8.27. The van der Waals surface area contributed by atoms with E-state index in [0.717, 1.165) is 19.3 Å². The maximum Gasteiger partial charge on any atom is 0.239 e. The van der Waals surface area contributed by atoms with Crippen molar-refractivity contribution >= 4 is 35.8 Å². The summed E-state index contributed by atoms with van der Waals surface area (Å²) >= 11 is 0. The van der Waals surface area contributed by atoms with Crippen molar-refractivity contribution in [1.29, 1.82) is 0 Å². The second-order valence-corrected chi connectivity index (χ2v) is 5.13. The topological polar surface area (TPSA) is 84.0 Å². The first-order valence-electron chi connectivity index (χ1n) is 7.11. The second kappa shape index (κ2) is 9.42. The fraction of sp³-hybridized carbons (Fsp3) is 0.846. The first kappa shape index (κ1) is 18.4. The van der Waals surface area contributed by atoms with Crippen molar-refractivity contribution in [2.75, 3.05) is 33.9 Å². The third kappa shape index (κ3) is 5.59. The summed E-state index contributed by atoms with van der Waals surface area (Å²) in [4.78, 5) is 15.7. The van der Waals surface area contributed by atoms with Crippen LogP contribution in [0.3, 0.4) is 0 Å². The SMILES string of the molecule is CN=C(NCC(=O)NCCOC)NC1CC2CCC1O2.I. The van der Waals surface area contributed by atoms with Crippen LogP contribution in [0.25, 0.3) is 0 Å². The van der Waals surface area contributed by atoms with Crippen LogP contribution in [0.15, 0.2) is 4.99 Å². The number of aliphatic imine (C=N–C) groups is 1. The third-order valence-corrected chi connectivity index (χ3v) is 3.70. The van der Waals surface area contributed by atoms with Gasteiger partial charge in [0.15, 0.2) is 5.96 Å². The number of nitrogens with one attached hydrogen (secondary N) is 3. The molecule has 7 nitrogen and oxygen atoms in total. The molecular weight excluding hydrogens is 387 g/mol. The van der Waals surface area contributed by atoms with Crippen LogP contribution >= 0.6 is 24.0 Å². The summed E-state index contributed by atoms with van der Waals surface area (Å²) in [5.74, 6) is 0.572. The van der Waals surface area contributed by atoms with Gasteiger partial charge in [-0.15, -0.1) is 24.0 Å². The molecule has 0 aromatic carbocycles. The van der Waals surface area contributed by atoms with Crippen molar-refractivity contribution in [1.82, 2.24) is 16.0 Å². The average Bonchev–Trinajstić information content (AvgIpc) is 3.06. The Labute approximate surface area is 142 Å². The van der Waals surface area contributed by atoms with E-state index < -0.39 is 0 Å². The number of halogens is 1. The van der Waals surface area contributed by atoms with E-state index in [1.165, 1.54) is 0 Å². The van der Waals surface area contributed by atoms with Crippen molar-refractivity contribution in [3.63, 3.8) is 0 Å². The van der Waals surface area contributed by atoms with Gasteiger partial charge in [0.1, 0.15) is 0 Å². The predicted octanol–water partition coefficient (Wildman–Crippen LogP) is -0.148. The molecule has 2 fully saturated rings. The Bertz CT molecular complexity index is 367. The van der Waals surface area contributed by atoms with E-state index in [4.69, 9.17) is 9.47 Å². The number of nitrogens with zero attached hydrogens (tertiary/aromatic N) is 1. The van der Waals surface area contributed by atoms with E-state index in [0.29, 0.717) is 31.3 Å². The lowest BCUT2D eigenvalue weighted by molar-refractivity contribution is -0.120. The number of carbonyl (C=O) groups excluding carboxylic acids is 1. The van der Waals surface area contributed by atoms with Crippen LogP contribution in [0.1, 0.15) is 19.3 Å². The van der Waals surface area contributed by atoms with Crippen molar-refractivity contribution in [2.45, 2.75) is 37.5 Å². The Morgan fingerprint density at radius 1 is 1.38 bits per heavy atom. The van der Waals surface area contributed by atoms with Gasteiger partial charge in [-0.1, -0.05) is 0 Å². The summed E-state index contributed by atoms with van der Waals surface area (Å²) in [6.45, 7) is 1.23. The molecular formula is C13H25IN4O3. The fourth-order valence-electron chi connectivity index (χ4n) is 2.68. The summed E-state index contributed by atoms with van der Waals surface area (Å²) in [6, 6.07) is 0.302. The van der Waals surface area contributed by atoms with Gasteiger partial charge in [-0.25, -0.2) is 0 Å². The average molecular weight is 412 g/mol. The lowest BCUT2D eigenvalue weighted by Gasteiger charge is -2.22. The van der Waals surface area contributed by atoms with E-state index in [2.05, 4.69) is 20.9 Å². The van der Waals surface area contributed by atoms with Crippen LogP contribution in [0.5, 0.6) is 0 Å². The first-order chi connectivity index (χ1) is 9.72. The van der Waals surface area contributed by atoms with E-state index in [1.54, 1.807) is 14.2 Å². The summed E-state index contributed by atoms with van der Waals surface area (Å²) in [5.41, 5.74) is 0. The molecule has 8 heteroatoms. The van der Waals surface area contributed by atoms with E-state index >= 15 is 0 Å². The predicted molar refractivity (Wildman–Crippen MR) is 91.1 cm³/mol. The number of fused-ring (bicyclic) bond motifs is 2. The number of amides is 1. The molecule has 0 radical (unpaired) electrons. The number of carbonyl (C=O) groups is 1. The molecule has 0 spiro atoms. The van der Waals surface area contributed by atoms with Gasteiger partial charge in [-0.2, -0.15) is 0 Å². The molecule has 3 atom stereocenters. The van der Waals surface area contributed by atoms with Gasteiger partial charge in [-0.3, -0.25) is 9.79 Å². The lowest BCUT2D eigenvalue weighted by atomic mass is 9.96. The van der Waals surface area contributed by atoms with Crippen LogP contribution in [0, 0.1) is 0 Å². The zero-order valence-electron chi connectivity index (χ0n) is 12.6. The van der Waals surface area contributed by atoms with Gasteiger partial charge >= 0.3 is 0 Å². The van der Waals surface area contributed by atoms with E-state index in [1.807, 2.05) is 0 Å². The van der Waals surface area contributed by atoms with E-state index in [-0.39, 0.29) is 42.5 Å². The second-order valence-electron chi connectivity index (χ2n) is 5.13. The number of hydrogen-bond acceptors (Lipinski definition) is 4. The van der Waals surface area contributed by atoms with Crippen molar-refractivity contribution in [2.24, 2.45) is 4.99 Å². The molecule has 2 aliphatic rings. The van der Waals surface area contributed by atoms with Crippen LogP contribution in [-0.2, 0) is 14.3 Å². The summed E-state index contributed by atoms with van der Waals surface area (Å²) < 4.78 is 10.7. The first-order valence-corrected chi connectivity index (χ1v) is 7.11. The van der Waals surface area contributed by atoms with Gasteiger partial charge in [0, 0.05) is 20.7 Å². The molecule has 122 valence electrons. The summed E-state index contributed by atoms with van der Waals surface area (Å²) in [7, 11) is 3.31. The van der Waals surface area contributed by atoms with E-state index in [9.17, 15) is 4.79 Å². The quantitative estimate of drug-likeness (QED) is 0.245. The van der Waals surface area contributed by atoms with Crippen molar-refractivity contribution in [3.05, 3.63) is 0 Å². The Balaban J connectivity index is 0.00000220. The maximum atomic E-state index is 11.6. The minimum atomic E-state index is -0.0748. The number of methoxy groups -OCH3 is 1. The number of guanidine groups is 1. The fourth-order valence-corrected chi connectivity index (χ4v) is 2.68. The molecule has 0 aliphatic carbocycles. The Morgan fingerprint density at radius 2 is 2.19 bits per heavy atom. The van der Waals surface area contributed by atoms with Crippen LogP contribution in [-0.4, -0.2) is 64.0 Å².